The zero-order valence-electron chi connectivity index (χ0n) is 12.3. The van der Waals surface area contributed by atoms with Gasteiger partial charge < -0.3 is 9.73 Å². The van der Waals surface area contributed by atoms with Crippen molar-refractivity contribution in [2.45, 2.75) is 32.1 Å². The number of amides is 1. The Morgan fingerprint density at radius 2 is 2.17 bits per heavy atom. The number of thiocarbonyl (C=S) groups is 1. The average Bonchev–Trinajstić information content (AvgIpc) is 3.10. The highest BCUT2D eigenvalue weighted by atomic mass is 32.1. The second-order valence-electron chi connectivity index (χ2n) is 5.27. The second-order valence-corrected chi connectivity index (χ2v) is 6.78. The Morgan fingerprint density at radius 3 is 2.91 bits per heavy atom. The van der Waals surface area contributed by atoms with E-state index in [9.17, 15) is 10.1 Å². The molecule has 0 radical (unpaired) electrons. The number of aryl methyl sites for hydroxylation is 1. The van der Waals surface area contributed by atoms with Crippen LogP contribution in [-0.2, 0) is 12.8 Å². The number of hydrogen-bond donors (Lipinski definition) is 2. The Kier molecular flexibility index (Phi) is 4.74. The summed E-state index contributed by atoms with van der Waals surface area (Å²) in [5.41, 5.74) is 1.79. The van der Waals surface area contributed by atoms with Gasteiger partial charge in [0.2, 0.25) is 0 Å². The molecule has 1 amide bonds. The summed E-state index contributed by atoms with van der Waals surface area (Å²) >= 11 is 6.73. The molecule has 2 aromatic rings. The number of fused-ring (bicyclic) bond motifs is 1. The maximum absolute atomic E-state index is 11.9. The zero-order valence-corrected chi connectivity index (χ0v) is 14.0. The smallest absolute Gasteiger partial charge is 0.293 e. The number of hydrogen-bond acceptors (Lipinski definition) is 5. The minimum absolute atomic E-state index is 0.166. The van der Waals surface area contributed by atoms with Crippen LogP contribution in [0.4, 0.5) is 5.00 Å². The van der Waals surface area contributed by atoms with Gasteiger partial charge in [0.15, 0.2) is 10.9 Å². The minimum atomic E-state index is -0.413. The van der Waals surface area contributed by atoms with E-state index < -0.39 is 5.91 Å². The van der Waals surface area contributed by atoms with Crippen LogP contribution in [0.1, 0.15) is 45.8 Å². The molecule has 0 aliphatic heterocycles. The lowest BCUT2D eigenvalue weighted by molar-refractivity contribution is 0.0950. The molecule has 1 aliphatic carbocycles. The Bertz CT molecular complexity index is 772. The van der Waals surface area contributed by atoms with Crippen LogP contribution in [0.25, 0.3) is 0 Å². The van der Waals surface area contributed by atoms with Gasteiger partial charge in [0, 0.05) is 4.88 Å². The molecule has 0 aromatic carbocycles. The number of nitriles is 1. The summed E-state index contributed by atoms with van der Waals surface area (Å²) in [5, 5.41) is 15.9. The van der Waals surface area contributed by atoms with Crippen molar-refractivity contribution in [1.29, 1.82) is 5.26 Å². The predicted molar refractivity (Wildman–Crippen MR) is 92.7 cm³/mol. The Balaban J connectivity index is 1.74. The third-order valence-electron chi connectivity index (χ3n) is 3.73. The molecule has 3 rings (SSSR count). The first kappa shape index (κ1) is 15.7. The van der Waals surface area contributed by atoms with Crippen LogP contribution in [0.3, 0.4) is 0 Å². The second kappa shape index (κ2) is 6.94. The molecule has 0 saturated heterocycles. The van der Waals surface area contributed by atoms with Gasteiger partial charge in [-0.2, -0.15) is 5.26 Å². The van der Waals surface area contributed by atoms with E-state index in [0.29, 0.717) is 10.6 Å². The molecular weight excluding hydrogens is 330 g/mol. The fourth-order valence-corrected chi connectivity index (χ4v) is 4.16. The molecule has 2 N–H and O–H groups in total. The highest BCUT2D eigenvalue weighted by molar-refractivity contribution is 7.80. The monoisotopic (exact) mass is 345 g/mol. The number of carbonyl (C=O) groups excluding carboxylic acids is 1. The maximum atomic E-state index is 11.9. The van der Waals surface area contributed by atoms with Crippen LogP contribution in [0, 0.1) is 11.3 Å². The molecule has 0 bridgehead atoms. The molecule has 5 nitrogen and oxygen atoms in total. The Hall–Kier alpha value is -2.17. The van der Waals surface area contributed by atoms with E-state index in [1.165, 1.54) is 17.6 Å². The van der Waals surface area contributed by atoms with Gasteiger partial charge in [0.1, 0.15) is 11.1 Å². The van der Waals surface area contributed by atoms with Crippen molar-refractivity contribution in [2.75, 3.05) is 5.32 Å². The van der Waals surface area contributed by atoms with E-state index in [4.69, 9.17) is 16.6 Å². The van der Waals surface area contributed by atoms with E-state index in [1.807, 2.05) is 0 Å². The molecule has 0 spiro atoms. The summed E-state index contributed by atoms with van der Waals surface area (Å²) in [6.45, 7) is 0. The first-order chi connectivity index (χ1) is 11.2. The standard InChI is InChI=1S/C16H15N3O2S2/c17-9-11-10-5-2-1-3-7-13(10)23-15(11)19-16(22)18-14(20)12-6-4-8-21-12/h4,6,8H,1-3,5,7H2,(H2,18,19,20,22). The fraction of sp³-hybridized carbons (Fsp3) is 0.312. The van der Waals surface area contributed by atoms with Crippen LogP contribution >= 0.6 is 23.6 Å². The van der Waals surface area contributed by atoms with Crippen LogP contribution < -0.4 is 10.6 Å². The van der Waals surface area contributed by atoms with Crippen LogP contribution in [-0.4, -0.2) is 11.0 Å². The van der Waals surface area contributed by atoms with Crippen molar-refractivity contribution < 1.29 is 9.21 Å². The molecular formula is C16H15N3O2S2. The van der Waals surface area contributed by atoms with Crippen LogP contribution in [0.2, 0.25) is 0 Å². The number of thiophene rings is 1. The van der Waals surface area contributed by atoms with Crippen molar-refractivity contribution >= 4 is 39.6 Å². The summed E-state index contributed by atoms with van der Waals surface area (Å²) in [4.78, 5) is 13.2. The molecule has 0 unspecified atom stereocenters. The highest BCUT2D eigenvalue weighted by Gasteiger charge is 2.21. The van der Waals surface area contributed by atoms with Crippen molar-refractivity contribution in [3.8, 4) is 6.07 Å². The summed E-state index contributed by atoms with van der Waals surface area (Å²) in [5.74, 6) is -0.222. The van der Waals surface area contributed by atoms with Gasteiger partial charge in [-0.05, 0) is 55.6 Å². The third kappa shape index (κ3) is 3.44. The summed E-state index contributed by atoms with van der Waals surface area (Å²) < 4.78 is 5.02. The van der Waals surface area contributed by atoms with Crippen molar-refractivity contribution in [2.24, 2.45) is 0 Å². The highest BCUT2D eigenvalue weighted by Crippen LogP contribution is 2.36. The Morgan fingerprint density at radius 1 is 1.35 bits per heavy atom. The van der Waals surface area contributed by atoms with E-state index in [1.54, 1.807) is 23.5 Å². The van der Waals surface area contributed by atoms with Gasteiger partial charge >= 0.3 is 0 Å². The normalized spacial score (nSPS) is 13.5. The van der Waals surface area contributed by atoms with E-state index in [0.717, 1.165) is 31.2 Å². The largest absolute Gasteiger partial charge is 0.459 e. The molecule has 118 valence electrons. The van der Waals surface area contributed by atoms with Crippen molar-refractivity contribution in [3.05, 3.63) is 40.2 Å². The SMILES string of the molecule is N#Cc1c(NC(=S)NC(=O)c2ccco2)sc2c1CCCCC2. The lowest BCUT2D eigenvalue weighted by atomic mass is 10.1. The molecule has 23 heavy (non-hydrogen) atoms. The van der Waals surface area contributed by atoms with Crippen molar-refractivity contribution in [3.63, 3.8) is 0 Å². The maximum Gasteiger partial charge on any atom is 0.293 e. The third-order valence-corrected chi connectivity index (χ3v) is 5.14. The summed E-state index contributed by atoms with van der Waals surface area (Å²) in [6, 6.07) is 5.47. The summed E-state index contributed by atoms with van der Waals surface area (Å²) in [6.07, 6.45) is 6.82. The van der Waals surface area contributed by atoms with Crippen molar-refractivity contribution in [1.82, 2.24) is 5.32 Å². The Labute approximate surface area is 143 Å². The van der Waals surface area contributed by atoms with Gasteiger partial charge in [-0.1, -0.05) is 6.42 Å². The van der Waals surface area contributed by atoms with E-state index in [2.05, 4.69) is 16.7 Å². The topological polar surface area (TPSA) is 78.1 Å². The van der Waals surface area contributed by atoms with Gasteiger partial charge in [0.25, 0.3) is 5.91 Å². The van der Waals surface area contributed by atoms with Crippen LogP contribution in [0.15, 0.2) is 22.8 Å². The quantitative estimate of drug-likeness (QED) is 0.642. The first-order valence-corrected chi connectivity index (χ1v) is 8.62. The molecule has 2 heterocycles. The molecule has 0 fully saturated rings. The number of anilines is 1. The summed E-state index contributed by atoms with van der Waals surface area (Å²) in [7, 11) is 0. The van der Waals surface area contributed by atoms with Gasteiger partial charge in [-0.15, -0.1) is 11.3 Å². The van der Waals surface area contributed by atoms with E-state index >= 15 is 0 Å². The number of nitrogens with one attached hydrogen (secondary N) is 2. The molecule has 0 saturated carbocycles. The molecule has 2 aromatic heterocycles. The average molecular weight is 345 g/mol. The molecule has 7 heteroatoms. The number of nitrogens with zero attached hydrogens (tertiary/aromatic N) is 1. The number of rotatable bonds is 2. The minimum Gasteiger partial charge on any atom is -0.459 e. The van der Waals surface area contributed by atoms with E-state index in [-0.39, 0.29) is 10.9 Å². The van der Waals surface area contributed by atoms with Gasteiger partial charge in [-0.25, -0.2) is 0 Å². The molecule has 0 atom stereocenters. The zero-order chi connectivity index (χ0) is 16.2. The number of carbonyl (C=O) groups is 1. The predicted octanol–water partition coefficient (Wildman–Crippen LogP) is 3.61. The lowest BCUT2D eigenvalue weighted by Gasteiger charge is -2.07. The van der Waals surface area contributed by atoms with Crippen LogP contribution in [0.5, 0.6) is 0 Å². The fourth-order valence-electron chi connectivity index (χ4n) is 2.66. The van der Waals surface area contributed by atoms with Gasteiger partial charge in [0.05, 0.1) is 11.8 Å². The number of furan rings is 1. The van der Waals surface area contributed by atoms with Gasteiger partial charge in [-0.3, -0.25) is 10.1 Å². The molecule has 1 aliphatic rings. The lowest BCUT2D eigenvalue weighted by Crippen LogP contribution is -2.33. The first-order valence-electron chi connectivity index (χ1n) is 7.39.